The summed E-state index contributed by atoms with van der Waals surface area (Å²) < 4.78 is 25.8. The summed E-state index contributed by atoms with van der Waals surface area (Å²) in [6, 6.07) is 0.0482. The summed E-state index contributed by atoms with van der Waals surface area (Å²) in [6.07, 6.45) is 3.49. The number of hydrogen-bond acceptors (Lipinski definition) is 3. The quantitative estimate of drug-likeness (QED) is 0.791. The number of hydrogen-bond donors (Lipinski definition) is 2. The van der Waals surface area contributed by atoms with Crippen LogP contribution in [0.2, 0.25) is 0 Å². The zero-order valence-corrected chi connectivity index (χ0v) is 11.2. The fourth-order valence-electron chi connectivity index (χ4n) is 1.86. The van der Waals surface area contributed by atoms with Crippen LogP contribution in [0.3, 0.4) is 0 Å². The van der Waals surface area contributed by atoms with Crippen molar-refractivity contribution < 1.29 is 13.5 Å². The van der Waals surface area contributed by atoms with Gasteiger partial charge in [0, 0.05) is 12.6 Å². The van der Waals surface area contributed by atoms with Crippen LogP contribution in [0, 0.1) is 5.92 Å². The van der Waals surface area contributed by atoms with Gasteiger partial charge in [0.05, 0.1) is 4.75 Å². The second-order valence-electron chi connectivity index (χ2n) is 5.63. The molecule has 0 unspecified atom stereocenters. The number of aliphatic hydroxyl groups excluding tert-OH is 1. The van der Waals surface area contributed by atoms with Gasteiger partial charge in [-0.1, -0.05) is 0 Å². The monoisotopic (exact) mass is 249 g/mol. The number of nitrogens with one attached hydrogen (secondary N) is 1. The van der Waals surface area contributed by atoms with E-state index in [9.17, 15) is 8.42 Å². The maximum atomic E-state index is 11.9. The Hall–Kier alpha value is -0.130. The minimum atomic E-state index is -3.23. The first-order valence-electron chi connectivity index (χ1n) is 5.89. The van der Waals surface area contributed by atoms with Gasteiger partial charge in [0.15, 0.2) is 0 Å². The standard InChI is InChI=1S/C11H23NO3S/c1-11(2,3)16(14,15)12-10-6-4-9(8-13)5-7-10/h9-10,12-13H,4-8H2,1-3H3/t9-,10-. The molecule has 0 atom stereocenters. The molecule has 1 rings (SSSR count). The van der Waals surface area contributed by atoms with Crippen LogP contribution in [0.4, 0.5) is 0 Å². The van der Waals surface area contributed by atoms with Gasteiger partial charge in [-0.25, -0.2) is 13.1 Å². The number of rotatable bonds is 3. The van der Waals surface area contributed by atoms with Crippen molar-refractivity contribution in [1.82, 2.24) is 4.72 Å². The highest BCUT2D eigenvalue weighted by Crippen LogP contribution is 2.25. The molecule has 0 radical (unpaired) electrons. The summed E-state index contributed by atoms with van der Waals surface area (Å²) in [6.45, 7) is 5.33. The molecule has 5 heteroatoms. The number of aliphatic hydroxyl groups is 1. The summed E-state index contributed by atoms with van der Waals surface area (Å²) in [5, 5.41) is 9.00. The SMILES string of the molecule is CC(C)(C)S(=O)(=O)N[C@H]1CC[C@H](CO)CC1. The summed E-state index contributed by atoms with van der Waals surface area (Å²) in [7, 11) is -3.23. The molecule has 1 fully saturated rings. The van der Waals surface area contributed by atoms with Crippen molar-refractivity contribution in [3.05, 3.63) is 0 Å². The maximum Gasteiger partial charge on any atom is 0.216 e. The van der Waals surface area contributed by atoms with E-state index in [2.05, 4.69) is 4.72 Å². The molecule has 96 valence electrons. The van der Waals surface area contributed by atoms with Gasteiger partial charge in [0.1, 0.15) is 0 Å². The minimum Gasteiger partial charge on any atom is -0.396 e. The molecule has 1 saturated carbocycles. The Kier molecular flexibility index (Phi) is 4.37. The predicted molar refractivity (Wildman–Crippen MR) is 64.6 cm³/mol. The Morgan fingerprint density at radius 3 is 2.06 bits per heavy atom. The van der Waals surface area contributed by atoms with E-state index >= 15 is 0 Å². The zero-order valence-electron chi connectivity index (χ0n) is 10.4. The van der Waals surface area contributed by atoms with E-state index in [1.54, 1.807) is 20.8 Å². The van der Waals surface area contributed by atoms with Crippen molar-refractivity contribution in [3.63, 3.8) is 0 Å². The molecular formula is C11H23NO3S. The molecule has 0 aliphatic heterocycles. The van der Waals surface area contributed by atoms with Crippen LogP contribution in [0.5, 0.6) is 0 Å². The summed E-state index contributed by atoms with van der Waals surface area (Å²) in [5.41, 5.74) is 0. The minimum absolute atomic E-state index is 0.0482. The molecule has 16 heavy (non-hydrogen) atoms. The summed E-state index contributed by atoms with van der Waals surface area (Å²) >= 11 is 0. The first kappa shape index (κ1) is 13.9. The second-order valence-corrected chi connectivity index (χ2v) is 8.10. The van der Waals surface area contributed by atoms with Crippen molar-refractivity contribution in [2.24, 2.45) is 5.92 Å². The van der Waals surface area contributed by atoms with Crippen LogP contribution in [0.15, 0.2) is 0 Å². The second kappa shape index (κ2) is 5.02. The first-order valence-corrected chi connectivity index (χ1v) is 7.37. The van der Waals surface area contributed by atoms with Gasteiger partial charge in [0.25, 0.3) is 0 Å². The van der Waals surface area contributed by atoms with E-state index in [4.69, 9.17) is 5.11 Å². The van der Waals surface area contributed by atoms with Crippen molar-refractivity contribution >= 4 is 10.0 Å². The Morgan fingerprint density at radius 1 is 1.19 bits per heavy atom. The molecule has 0 saturated heterocycles. The Bertz CT molecular complexity index is 311. The molecule has 0 aromatic carbocycles. The van der Waals surface area contributed by atoms with Crippen LogP contribution < -0.4 is 4.72 Å². The van der Waals surface area contributed by atoms with Crippen LogP contribution in [-0.2, 0) is 10.0 Å². The van der Waals surface area contributed by atoms with E-state index in [0.29, 0.717) is 5.92 Å². The van der Waals surface area contributed by atoms with Gasteiger partial charge in [-0.3, -0.25) is 0 Å². The predicted octanol–water partition coefficient (Wildman–Crippen LogP) is 1.26. The van der Waals surface area contributed by atoms with Crippen molar-refractivity contribution in [3.8, 4) is 0 Å². The van der Waals surface area contributed by atoms with Gasteiger partial charge in [-0.15, -0.1) is 0 Å². The van der Waals surface area contributed by atoms with Gasteiger partial charge in [-0.2, -0.15) is 0 Å². The number of sulfonamides is 1. The van der Waals surface area contributed by atoms with Crippen LogP contribution in [-0.4, -0.2) is 30.9 Å². The Morgan fingerprint density at radius 2 is 1.69 bits per heavy atom. The smallest absolute Gasteiger partial charge is 0.216 e. The highest BCUT2D eigenvalue weighted by Gasteiger charge is 2.32. The van der Waals surface area contributed by atoms with E-state index in [1.165, 1.54) is 0 Å². The molecular weight excluding hydrogens is 226 g/mol. The highest BCUT2D eigenvalue weighted by atomic mass is 32.2. The molecule has 1 aliphatic rings. The molecule has 0 heterocycles. The van der Waals surface area contributed by atoms with E-state index < -0.39 is 14.8 Å². The lowest BCUT2D eigenvalue weighted by atomic mass is 9.87. The highest BCUT2D eigenvalue weighted by molar-refractivity contribution is 7.90. The molecule has 4 nitrogen and oxygen atoms in total. The van der Waals surface area contributed by atoms with Crippen LogP contribution in [0.1, 0.15) is 46.5 Å². The maximum absolute atomic E-state index is 11.9. The van der Waals surface area contributed by atoms with Gasteiger partial charge >= 0.3 is 0 Å². The lowest BCUT2D eigenvalue weighted by molar-refractivity contribution is 0.180. The fourth-order valence-corrected chi connectivity index (χ4v) is 2.89. The van der Waals surface area contributed by atoms with Gasteiger partial charge in [-0.05, 0) is 52.4 Å². The molecule has 0 aromatic rings. The zero-order chi connectivity index (χ0) is 12.4. The molecule has 1 aliphatic carbocycles. The largest absolute Gasteiger partial charge is 0.396 e. The molecule has 0 bridgehead atoms. The Labute approximate surface area is 98.5 Å². The Balaban J connectivity index is 2.52. The van der Waals surface area contributed by atoms with Crippen molar-refractivity contribution in [2.75, 3.05) is 6.61 Å². The van der Waals surface area contributed by atoms with Crippen LogP contribution >= 0.6 is 0 Å². The third-order valence-corrected chi connectivity index (χ3v) is 5.49. The molecule has 0 spiro atoms. The average Bonchev–Trinajstić information content (AvgIpc) is 2.16. The lowest BCUT2D eigenvalue weighted by Crippen LogP contribution is -2.46. The molecule has 2 N–H and O–H groups in total. The fraction of sp³-hybridized carbons (Fsp3) is 1.00. The molecule has 0 amide bonds. The normalized spacial score (nSPS) is 28.0. The van der Waals surface area contributed by atoms with Gasteiger partial charge in [0.2, 0.25) is 10.0 Å². The van der Waals surface area contributed by atoms with Crippen molar-refractivity contribution in [2.45, 2.75) is 57.2 Å². The van der Waals surface area contributed by atoms with Gasteiger partial charge < -0.3 is 5.11 Å². The van der Waals surface area contributed by atoms with E-state index in [-0.39, 0.29) is 12.6 Å². The summed E-state index contributed by atoms with van der Waals surface area (Å²) in [4.78, 5) is 0. The first-order chi connectivity index (χ1) is 7.26. The molecule has 0 aromatic heterocycles. The third-order valence-electron chi connectivity index (χ3n) is 3.23. The van der Waals surface area contributed by atoms with Crippen molar-refractivity contribution in [1.29, 1.82) is 0 Å². The summed E-state index contributed by atoms with van der Waals surface area (Å²) in [5.74, 6) is 0.357. The topological polar surface area (TPSA) is 66.4 Å². The third kappa shape index (κ3) is 3.43. The lowest BCUT2D eigenvalue weighted by Gasteiger charge is -2.30. The van der Waals surface area contributed by atoms with E-state index in [1.807, 2.05) is 0 Å². The van der Waals surface area contributed by atoms with E-state index in [0.717, 1.165) is 25.7 Å². The van der Waals surface area contributed by atoms with Crippen LogP contribution in [0.25, 0.3) is 0 Å². The average molecular weight is 249 g/mol.